The van der Waals surface area contributed by atoms with Gasteiger partial charge in [0.25, 0.3) is 10.0 Å². The van der Waals surface area contributed by atoms with Gasteiger partial charge in [0, 0.05) is 23.5 Å². The highest BCUT2D eigenvalue weighted by molar-refractivity contribution is 7.92. The summed E-state index contributed by atoms with van der Waals surface area (Å²) in [7, 11) is -3.96. The summed E-state index contributed by atoms with van der Waals surface area (Å²) in [6, 6.07) is 16.4. The zero-order valence-corrected chi connectivity index (χ0v) is 24.6. The molecule has 0 spiro atoms. The molecule has 3 aromatic heterocycles. The van der Waals surface area contributed by atoms with E-state index in [1.165, 1.54) is 6.33 Å². The van der Waals surface area contributed by atoms with E-state index in [-0.39, 0.29) is 41.2 Å². The van der Waals surface area contributed by atoms with Gasteiger partial charge in [0.05, 0.1) is 23.0 Å². The van der Waals surface area contributed by atoms with E-state index in [2.05, 4.69) is 45.4 Å². The summed E-state index contributed by atoms with van der Waals surface area (Å²) in [4.78, 5) is 17.1. The Morgan fingerprint density at radius 3 is 2.14 bits per heavy atom. The lowest BCUT2D eigenvalue weighted by Crippen LogP contribution is -2.17. The van der Waals surface area contributed by atoms with Gasteiger partial charge >= 0.3 is 6.01 Å². The predicted octanol–water partition coefficient (Wildman–Crippen LogP) is 6.06. The molecule has 2 aromatic carbocycles. The predicted molar refractivity (Wildman–Crippen MR) is 159 cm³/mol. The summed E-state index contributed by atoms with van der Waals surface area (Å²) in [6.07, 6.45) is 7.73. The van der Waals surface area contributed by atoms with E-state index >= 15 is 0 Å². The lowest BCUT2D eigenvalue weighted by atomic mass is 9.87. The molecular formula is C31H31N5O5S. The van der Waals surface area contributed by atoms with E-state index in [1.807, 2.05) is 49.4 Å². The number of hydrogen-bond donors (Lipinski definition) is 1. The minimum absolute atomic E-state index is 0.0999. The number of aromatic nitrogens is 4. The van der Waals surface area contributed by atoms with Gasteiger partial charge in [-0.15, -0.1) is 0 Å². The van der Waals surface area contributed by atoms with E-state index in [0.717, 1.165) is 22.3 Å². The SMILES string of the molecule is Cc1ccc(-c2c(NS(=O)(=O)c3ccc(C(C)(C)C)cc3)ncnc2OCCOc2ncc(-c3ccoc3)cn2)cc1. The quantitative estimate of drug-likeness (QED) is 0.194. The van der Waals surface area contributed by atoms with Crippen molar-refractivity contribution in [1.29, 1.82) is 0 Å². The van der Waals surface area contributed by atoms with Crippen LogP contribution in [0, 0.1) is 6.92 Å². The number of hydrogen-bond acceptors (Lipinski definition) is 9. The standard InChI is InChI=1S/C31H31N5O5S/c1-21-5-7-22(8-6-21)27-28(36-42(37,38)26-11-9-25(10-12-26)31(2,3)4)34-20-35-29(27)40-15-16-41-30-32-17-24(18-33-30)23-13-14-39-19-23/h5-14,17-20H,15-16H2,1-4H3,(H,34,35,36). The number of nitrogens with one attached hydrogen (secondary N) is 1. The Kier molecular flexibility index (Phi) is 8.21. The normalized spacial score (nSPS) is 11.7. The van der Waals surface area contributed by atoms with Gasteiger partial charge in [-0.1, -0.05) is 62.7 Å². The average Bonchev–Trinajstić information content (AvgIpc) is 3.51. The van der Waals surface area contributed by atoms with Crippen LogP contribution in [0.2, 0.25) is 0 Å². The van der Waals surface area contributed by atoms with Crippen molar-refractivity contribution < 1.29 is 22.3 Å². The molecule has 1 N–H and O–H groups in total. The molecule has 216 valence electrons. The maximum absolute atomic E-state index is 13.4. The molecule has 11 heteroatoms. The zero-order valence-electron chi connectivity index (χ0n) is 23.7. The van der Waals surface area contributed by atoms with Gasteiger partial charge < -0.3 is 13.9 Å². The maximum atomic E-state index is 13.4. The van der Waals surface area contributed by atoms with E-state index < -0.39 is 10.0 Å². The summed E-state index contributed by atoms with van der Waals surface area (Å²) >= 11 is 0. The number of benzene rings is 2. The number of ether oxygens (including phenoxy) is 2. The average molecular weight is 586 g/mol. The van der Waals surface area contributed by atoms with E-state index in [1.54, 1.807) is 37.1 Å². The monoisotopic (exact) mass is 585 g/mol. The molecule has 5 aromatic rings. The zero-order chi connectivity index (χ0) is 29.7. The Morgan fingerprint density at radius 1 is 0.810 bits per heavy atom. The second-order valence-corrected chi connectivity index (χ2v) is 12.3. The molecule has 0 atom stereocenters. The van der Waals surface area contributed by atoms with Crippen LogP contribution in [0.5, 0.6) is 11.9 Å². The van der Waals surface area contributed by atoms with Gasteiger partial charge in [0.2, 0.25) is 5.88 Å². The number of furan rings is 1. The van der Waals surface area contributed by atoms with Gasteiger partial charge in [-0.2, -0.15) is 0 Å². The third-order valence-electron chi connectivity index (χ3n) is 6.45. The van der Waals surface area contributed by atoms with Crippen molar-refractivity contribution in [3.63, 3.8) is 0 Å². The topological polar surface area (TPSA) is 129 Å². The summed E-state index contributed by atoms with van der Waals surface area (Å²) in [6.45, 7) is 8.41. The highest BCUT2D eigenvalue weighted by Gasteiger charge is 2.22. The fourth-order valence-electron chi connectivity index (χ4n) is 4.10. The first-order valence-corrected chi connectivity index (χ1v) is 14.7. The number of rotatable bonds is 10. The van der Waals surface area contributed by atoms with Crippen LogP contribution in [0.15, 0.2) is 95.2 Å². The molecule has 0 saturated heterocycles. The second kappa shape index (κ2) is 12.0. The molecule has 0 saturated carbocycles. The van der Waals surface area contributed by atoms with Crippen LogP contribution in [0.25, 0.3) is 22.3 Å². The van der Waals surface area contributed by atoms with E-state index in [0.29, 0.717) is 11.1 Å². The van der Waals surface area contributed by atoms with Crippen molar-refractivity contribution >= 4 is 15.8 Å². The number of nitrogens with zero attached hydrogens (tertiary/aromatic N) is 4. The van der Waals surface area contributed by atoms with Crippen molar-refractivity contribution in [2.24, 2.45) is 0 Å². The molecule has 0 radical (unpaired) electrons. The molecule has 10 nitrogen and oxygen atoms in total. The Labute approximate surface area is 244 Å². The first-order valence-electron chi connectivity index (χ1n) is 13.3. The fraction of sp³-hybridized carbons (Fsp3) is 0.226. The lowest BCUT2D eigenvalue weighted by molar-refractivity contribution is 0.202. The first kappa shape index (κ1) is 28.7. The van der Waals surface area contributed by atoms with Crippen LogP contribution >= 0.6 is 0 Å². The summed E-state index contributed by atoms with van der Waals surface area (Å²) in [5.41, 5.74) is 4.74. The van der Waals surface area contributed by atoms with Gasteiger partial charge in [-0.25, -0.2) is 28.4 Å². The Hall–Kier alpha value is -4.77. The highest BCUT2D eigenvalue weighted by Crippen LogP contribution is 2.35. The lowest BCUT2D eigenvalue weighted by Gasteiger charge is -2.19. The molecular weight excluding hydrogens is 554 g/mol. The second-order valence-electron chi connectivity index (χ2n) is 10.6. The van der Waals surface area contributed by atoms with Crippen LogP contribution in [0.3, 0.4) is 0 Å². The van der Waals surface area contributed by atoms with E-state index in [4.69, 9.17) is 13.9 Å². The molecule has 0 bridgehead atoms. The first-order chi connectivity index (χ1) is 20.1. The van der Waals surface area contributed by atoms with Gasteiger partial charge in [0.15, 0.2) is 5.82 Å². The molecule has 0 unspecified atom stereocenters. The third kappa shape index (κ3) is 6.74. The van der Waals surface area contributed by atoms with Crippen LogP contribution in [0.4, 0.5) is 5.82 Å². The van der Waals surface area contributed by atoms with Gasteiger partial charge in [-0.3, -0.25) is 4.72 Å². The Bertz CT molecular complexity index is 1730. The molecule has 3 heterocycles. The van der Waals surface area contributed by atoms with Crippen molar-refractivity contribution in [1.82, 2.24) is 19.9 Å². The molecule has 0 aliphatic rings. The molecule has 0 aliphatic heterocycles. The van der Waals surface area contributed by atoms with Crippen molar-refractivity contribution in [2.45, 2.75) is 38.0 Å². The largest absolute Gasteiger partial charge is 0.473 e. The van der Waals surface area contributed by atoms with Crippen LogP contribution < -0.4 is 14.2 Å². The van der Waals surface area contributed by atoms with Crippen molar-refractivity contribution in [3.8, 4) is 34.1 Å². The smallest absolute Gasteiger partial charge is 0.316 e. The third-order valence-corrected chi connectivity index (χ3v) is 7.81. The Balaban J connectivity index is 1.34. The number of aryl methyl sites for hydroxylation is 1. The highest BCUT2D eigenvalue weighted by atomic mass is 32.2. The fourth-order valence-corrected chi connectivity index (χ4v) is 5.12. The van der Waals surface area contributed by atoms with Crippen molar-refractivity contribution in [2.75, 3.05) is 17.9 Å². The number of anilines is 1. The van der Waals surface area contributed by atoms with Crippen LogP contribution in [0.1, 0.15) is 31.9 Å². The summed E-state index contributed by atoms with van der Waals surface area (Å²) in [5, 5.41) is 0. The molecule has 42 heavy (non-hydrogen) atoms. The minimum atomic E-state index is -3.96. The molecule has 0 fully saturated rings. The molecule has 5 rings (SSSR count). The number of sulfonamides is 1. The summed E-state index contributed by atoms with van der Waals surface area (Å²) in [5.74, 6) is 0.303. The molecule has 0 aliphatic carbocycles. The van der Waals surface area contributed by atoms with E-state index in [9.17, 15) is 8.42 Å². The Morgan fingerprint density at radius 2 is 1.50 bits per heavy atom. The van der Waals surface area contributed by atoms with Gasteiger partial charge in [-0.05, 0) is 41.7 Å². The summed E-state index contributed by atoms with van der Waals surface area (Å²) < 4.78 is 46.1. The maximum Gasteiger partial charge on any atom is 0.316 e. The van der Waals surface area contributed by atoms with Crippen LogP contribution in [-0.4, -0.2) is 41.6 Å². The molecule has 0 amide bonds. The van der Waals surface area contributed by atoms with Crippen LogP contribution in [-0.2, 0) is 15.4 Å². The minimum Gasteiger partial charge on any atom is -0.473 e. The van der Waals surface area contributed by atoms with Gasteiger partial charge in [0.1, 0.15) is 19.5 Å². The van der Waals surface area contributed by atoms with Crippen molar-refractivity contribution in [3.05, 3.63) is 97.0 Å².